The van der Waals surface area contributed by atoms with Gasteiger partial charge in [-0.1, -0.05) is 11.6 Å². The molecule has 19 heavy (non-hydrogen) atoms. The van der Waals surface area contributed by atoms with Crippen LogP contribution >= 0.6 is 38.9 Å². The molecule has 0 radical (unpaired) electrons. The lowest BCUT2D eigenvalue weighted by atomic mass is 10.1. The molecule has 0 saturated carbocycles. The molecule has 1 aliphatic heterocycles. The topological polar surface area (TPSA) is 40.6 Å². The van der Waals surface area contributed by atoms with Gasteiger partial charge in [-0.2, -0.15) is 4.31 Å². The zero-order valence-electron chi connectivity index (χ0n) is 10.8. The summed E-state index contributed by atoms with van der Waals surface area (Å²) in [5, 5.41) is 0.451. The van der Waals surface area contributed by atoms with Gasteiger partial charge < -0.3 is 4.90 Å². The van der Waals surface area contributed by atoms with Gasteiger partial charge in [0.15, 0.2) is 0 Å². The van der Waals surface area contributed by atoms with Gasteiger partial charge in [-0.15, -0.1) is 11.3 Å². The highest BCUT2D eigenvalue weighted by molar-refractivity contribution is 9.11. The molecule has 1 fully saturated rings. The predicted octanol–water partition coefficient (Wildman–Crippen LogP) is 2.88. The van der Waals surface area contributed by atoms with Crippen molar-refractivity contribution in [3.63, 3.8) is 0 Å². The molecule has 0 atom stereocenters. The Kier molecular flexibility index (Phi) is 4.96. The fourth-order valence-corrected chi connectivity index (χ4v) is 6.20. The zero-order valence-corrected chi connectivity index (χ0v) is 14.7. The van der Waals surface area contributed by atoms with E-state index in [-0.39, 0.29) is 0 Å². The van der Waals surface area contributed by atoms with Crippen LogP contribution in [0.3, 0.4) is 0 Å². The van der Waals surface area contributed by atoms with Gasteiger partial charge in [-0.05, 0) is 48.9 Å². The van der Waals surface area contributed by atoms with E-state index in [0.717, 1.165) is 12.8 Å². The lowest BCUT2D eigenvalue weighted by Gasteiger charge is -2.34. The normalized spacial score (nSPS) is 19.2. The number of nitrogens with zero attached hydrogens (tertiary/aromatic N) is 2. The molecule has 1 aromatic heterocycles. The first-order chi connectivity index (χ1) is 8.82. The van der Waals surface area contributed by atoms with Crippen molar-refractivity contribution in [3.05, 3.63) is 14.9 Å². The average Bonchev–Trinajstić information content (AvgIpc) is 2.70. The summed E-state index contributed by atoms with van der Waals surface area (Å²) < 4.78 is 27.5. The lowest BCUT2D eigenvalue weighted by molar-refractivity contribution is 0.197. The molecule has 1 saturated heterocycles. The van der Waals surface area contributed by atoms with Crippen molar-refractivity contribution in [2.45, 2.75) is 23.1 Å². The highest BCUT2D eigenvalue weighted by Gasteiger charge is 2.31. The van der Waals surface area contributed by atoms with E-state index in [2.05, 4.69) is 20.8 Å². The van der Waals surface area contributed by atoms with E-state index in [9.17, 15) is 8.42 Å². The summed E-state index contributed by atoms with van der Waals surface area (Å²) in [5.41, 5.74) is 0. The van der Waals surface area contributed by atoms with Gasteiger partial charge in [0.05, 0.1) is 8.81 Å². The second-order valence-corrected chi connectivity index (χ2v) is 9.73. The molecule has 0 aromatic carbocycles. The van der Waals surface area contributed by atoms with E-state index in [4.69, 9.17) is 11.6 Å². The van der Waals surface area contributed by atoms with Crippen molar-refractivity contribution in [2.24, 2.45) is 0 Å². The minimum atomic E-state index is -3.39. The molecular formula is C11H16BrClN2O2S2. The minimum Gasteiger partial charge on any atom is -0.306 e. The molecule has 0 N–H and O–H groups in total. The number of hydrogen-bond donors (Lipinski definition) is 0. The molecule has 0 unspecified atom stereocenters. The number of halogens is 2. The van der Waals surface area contributed by atoms with Crippen LogP contribution in [0.25, 0.3) is 0 Å². The number of hydrogen-bond acceptors (Lipinski definition) is 4. The molecule has 108 valence electrons. The Labute approximate surface area is 131 Å². The van der Waals surface area contributed by atoms with Gasteiger partial charge in [0.1, 0.15) is 4.21 Å². The Bertz CT molecular complexity index is 532. The van der Waals surface area contributed by atoms with Crippen molar-refractivity contribution in [1.82, 2.24) is 9.21 Å². The van der Waals surface area contributed by atoms with Crippen molar-refractivity contribution < 1.29 is 8.42 Å². The monoisotopic (exact) mass is 386 g/mol. The van der Waals surface area contributed by atoms with Gasteiger partial charge in [-0.3, -0.25) is 0 Å². The quantitative estimate of drug-likeness (QED) is 0.801. The Morgan fingerprint density at radius 2 is 2.00 bits per heavy atom. The van der Waals surface area contributed by atoms with Crippen molar-refractivity contribution in [3.8, 4) is 0 Å². The maximum atomic E-state index is 12.5. The van der Waals surface area contributed by atoms with E-state index < -0.39 is 10.0 Å². The summed E-state index contributed by atoms with van der Waals surface area (Å²) in [6.07, 6.45) is 1.74. The number of rotatable bonds is 3. The van der Waals surface area contributed by atoms with Crippen LogP contribution in [0.2, 0.25) is 5.02 Å². The first-order valence-electron chi connectivity index (χ1n) is 5.94. The van der Waals surface area contributed by atoms with E-state index in [0.29, 0.717) is 32.1 Å². The van der Waals surface area contributed by atoms with Crippen LogP contribution in [0.1, 0.15) is 12.8 Å². The molecule has 8 heteroatoms. The standard InChI is InChI=1S/C11H16BrClN2O2S2/c1-14(2)8-3-5-15(6-4-8)19(16,17)10-7-9(13)11(12)18-10/h7-8H,3-6H2,1-2H3. The van der Waals surface area contributed by atoms with Crippen molar-refractivity contribution in [1.29, 1.82) is 0 Å². The van der Waals surface area contributed by atoms with E-state index in [1.54, 1.807) is 4.31 Å². The van der Waals surface area contributed by atoms with Crippen LogP contribution in [-0.2, 0) is 10.0 Å². The summed E-state index contributed by atoms with van der Waals surface area (Å²) >= 11 is 10.3. The van der Waals surface area contributed by atoms with Crippen LogP contribution in [0, 0.1) is 0 Å². The molecule has 1 aromatic rings. The molecule has 0 bridgehead atoms. The predicted molar refractivity (Wildman–Crippen MR) is 82.5 cm³/mol. The van der Waals surface area contributed by atoms with Gasteiger partial charge in [0.25, 0.3) is 10.0 Å². The molecule has 0 amide bonds. The third-order valence-electron chi connectivity index (χ3n) is 3.37. The van der Waals surface area contributed by atoms with Gasteiger partial charge in [-0.25, -0.2) is 8.42 Å². The van der Waals surface area contributed by atoms with Gasteiger partial charge >= 0.3 is 0 Å². The van der Waals surface area contributed by atoms with Crippen molar-refractivity contribution in [2.75, 3.05) is 27.2 Å². The molecule has 2 rings (SSSR count). The maximum Gasteiger partial charge on any atom is 0.252 e. The number of thiophene rings is 1. The maximum absolute atomic E-state index is 12.5. The Morgan fingerprint density at radius 1 is 1.42 bits per heavy atom. The summed E-state index contributed by atoms with van der Waals surface area (Å²) in [7, 11) is 0.672. The van der Waals surface area contributed by atoms with Gasteiger partial charge in [0, 0.05) is 19.1 Å². The Hall–Kier alpha value is 0.340. The summed E-state index contributed by atoms with van der Waals surface area (Å²) in [6.45, 7) is 1.14. The first-order valence-corrected chi connectivity index (χ1v) is 9.36. The largest absolute Gasteiger partial charge is 0.306 e. The van der Waals surface area contributed by atoms with Crippen LogP contribution in [-0.4, -0.2) is 50.8 Å². The fraction of sp³-hybridized carbons (Fsp3) is 0.636. The first kappa shape index (κ1) is 15.7. The van der Waals surface area contributed by atoms with Crippen LogP contribution < -0.4 is 0 Å². The fourth-order valence-electron chi connectivity index (χ4n) is 2.18. The van der Waals surface area contributed by atoms with Crippen molar-refractivity contribution >= 4 is 48.9 Å². The third kappa shape index (κ3) is 3.33. The van der Waals surface area contributed by atoms with Gasteiger partial charge in [0.2, 0.25) is 0 Å². The molecular weight excluding hydrogens is 372 g/mol. The summed E-state index contributed by atoms with van der Waals surface area (Å²) in [6, 6.07) is 1.98. The van der Waals surface area contributed by atoms with E-state index in [1.165, 1.54) is 17.4 Å². The molecule has 0 spiro atoms. The molecule has 2 heterocycles. The number of sulfonamides is 1. The average molecular weight is 388 g/mol. The second-order valence-electron chi connectivity index (χ2n) is 4.79. The summed E-state index contributed by atoms with van der Waals surface area (Å²) in [5.74, 6) is 0. The smallest absolute Gasteiger partial charge is 0.252 e. The second kappa shape index (κ2) is 5.99. The van der Waals surface area contributed by atoms with Crippen LogP contribution in [0.15, 0.2) is 14.1 Å². The van der Waals surface area contributed by atoms with Crippen LogP contribution in [0.4, 0.5) is 0 Å². The van der Waals surface area contributed by atoms with E-state index >= 15 is 0 Å². The molecule has 4 nitrogen and oxygen atoms in total. The SMILES string of the molecule is CN(C)C1CCN(S(=O)(=O)c2cc(Cl)c(Br)s2)CC1. The zero-order chi connectivity index (χ0) is 14.2. The van der Waals surface area contributed by atoms with Crippen LogP contribution in [0.5, 0.6) is 0 Å². The molecule has 1 aliphatic rings. The minimum absolute atomic E-state index is 0.313. The summed E-state index contributed by atoms with van der Waals surface area (Å²) in [4.78, 5) is 2.16. The molecule has 0 aliphatic carbocycles. The Morgan fingerprint density at radius 3 is 2.42 bits per heavy atom. The lowest BCUT2D eigenvalue weighted by Crippen LogP contribution is -2.44. The highest BCUT2D eigenvalue weighted by atomic mass is 79.9. The van der Waals surface area contributed by atoms with E-state index in [1.807, 2.05) is 14.1 Å². The Balaban J connectivity index is 2.14. The highest BCUT2D eigenvalue weighted by Crippen LogP contribution is 2.36. The number of piperidine rings is 1. The third-order valence-corrected chi connectivity index (χ3v) is 8.19.